The molecule has 0 saturated carbocycles. The summed E-state index contributed by atoms with van der Waals surface area (Å²) in [5, 5.41) is 30.2. The molecule has 9 aromatic heterocycles. The van der Waals surface area contributed by atoms with Gasteiger partial charge in [-0.15, -0.1) is 0 Å². The summed E-state index contributed by atoms with van der Waals surface area (Å²) < 4.78 is 45.0. The topological polar surface area (TPSA) is 203 Å². The number of furan rings is 3. The molecule has 388 valence electrons. The van der Waals surface area contributed by atoms with Crippen molar-refractivity contribution >= 4 is 49.8 Å². The van der Waals surface area contributed by atoms with Crippen molar-refractivity contribution in [3.8, 4) is 69.8 Å². The first-order chi connectivity index (χ1) is 38.6. The fourth-order valence-corrected chi connectivity index (χ4v) is 9.33. The van der Waals surface area contributed by atoms with E-state index in [-0.39, 0.29) is 0 Å². The number of fused-ring (bicyclic) bond motifs is 6. The van der Waals surface area contributed by atoms with Gasteiger partial charge in [0.25, 0.3) is 0 Å². The normalized spacial score (nSPS) is 11.1. The average Bonchev–Trinajstić information content (AvgIpc) is 4.52. The number of ether oxygens (including phenoxy) is 4. The Morgan fingerprint density at radius 1 is 0.494 bits per heavy atom. The lowest BCUT2D eigenvalue weighted by Gasteiger charge is -2.17. The summed E-state index contributed by atoms with van der Waals surface area (Å²) in [5.41, 5.74) is 11.5. The molecular weight excluding hydrogens is 997 g/mol. The van der Waals surface area contributed by atoms with Gasteiger partial charge in [-0.2, -0.15) is 15.8 Å². The first kappa shape index (κ1) is 50.5. The quantitative estimate of drug-likeness (QED) is 0.112. The van der Waals surface area contributed by atoms with Crippen molar-refractivity contribution in [2.45, 2.75) is 19.7 Å². The molecule has 0 saturated heterocycles. The van der Waals surface area contributed by atoms with E-state index < -0.39 is 0 Å². The van der Waals surface area contributed by atoms with Crippen LogP contribution in [-0.2, 0) is 24.4 Å². The van der Waals surface area contributed by atoms with Crippen LogP contribution in [0.3, 0.4) is 0 Å². The van der Waals surface area contributed by atoms with Gasteiger partial charge < -0.3 is 45.4 Å². The molecule has 13 aromatic rings. The highest BCUT2D eigenvalue weighted by molar-refractivity contribution is 5.86. The lowest BCUT2D eigenvalue weighted by molar-refractivity contribution is 0.181. The van der Waals surface area contributed by atoms with Crippen LogP contribution in [-0.4, -0.2) is 68.5 Å². The number of benzene rings is 4. The maximum absolute atomic E-state index is 9.32. The highest BCUT2D eigenvalue weighted by Gasteiger charge is 2.21. The zero-order valence-electron chi connectivity index (χ0n) is 43.5. The number of rotatable bonds is 12. The number of nitrogens with zero attached hydrogens (tertiary/aromatic N) is 10. The fraction of sp³-hybridized carbons (Fsp3) is 0.129. The van der Waals surface area contributed by atoms with Crippen LogP contribution in [0.2, 0.25) is 0 Å². The zero-order valence-corrected chi connectivity index (χ0v) is 43.5. The molecular formula is C62H48N10O7. The number of nitriles is 3. The molecule has 0 unspecified atom stereocenters. The Hall–Kier alpha value is -10.6. The molecule has 0 bridgehead atoms. The molecule has 0 radical (unpaired) electrons. The molecule has 13 rings (SSSR count). The maximum atomic E-state index is 9.32. The molecule has 4 aromatic carbocycles. The Labute approximate surface area is 452 Å². The van der Waals surface area contributed by atoms with Gasteiger partial charge in [-0.3, -0.25) is 4.90 Å². The van der Waals surface area contributed by atoms with Gasteiger partial charge in [0.05, 0.1) is 74.2 Å². The van der Waals surface area contributed by atoms with Crippen LogP contribution < -0.4 is 14.2 Å². The second-order valence-corrected chi connectivity index (χ2v) is 18.4. The SMILES string of the molecule is COCc1c(-c2cc3cc(OC)ccc3o2)nc2cc(C#N)ccn12.COc1ccc2oc(-c3cn4ccc(C#N)cc4n3)cc2c1.COc1ccc2oc(-c3nc4cc(C#N)ccn4c3CN(C)Cc3ccccc3)cc2c1. The summed E-state index contributed by atoms with van der Waals surface area (Å²) >= 11 is 0. The van der Waals surface area contributed by atoms with Gasteiger partial charge in [0, 0.05) is 61.1 Å². The van der Waals surface area contributed by atoms with Crippen LogP contribution >= 0.6 is 0 Å². The van der Waals surface area contributed by atoms with Crippen molar-refractivity contribution in [1.29, 1.82) is 15.8 Å². The Morgan fingerprint density at radius 3 is 1.47 bits per heavy atom. The van der Waals surface area contributed by atoms with Crippen molar-refractivity contribution in [2.24, 2.45) is 0 Å². The smallest absolute Gasteiger partial charge is 0.155 e. The predicted octanol–water partition coefficient (Wildman–Crippen LogP) is 12.7. The van der Waals surface area contributed by atoms with E-state index in [4.69, 9.17) is 47.7 Å². The molecule has 0 aliphatic rings. The van der Waals surface area contributed by atoms with E-state index in [0.717, 1.165) is 85.1 Å². The first-order valence-corrected chi connectivity index (χ1v) is 24.8. The molecule has 0 fully saturated rings. The van der Waals surface area contributed by atoms with E-state index in [2.05, 4.69) is 64.4 Å². The van der Waals surface area contributed by atoms with Crippen LogP contribution in [0.5, 0.6) is 17.2 Å². The standard InChI is InChI=1S/C26H22N4O2.C19H15N3O3.C17H11N3O2/c1-29(16-18-6-4-3-5-7-18)17-22-26(28-25-12-19(15-27)10-11-30(22)25)24-14-20-13-21(31-2)8-9-23(20)32-24;1-23-11-15-19(21-18-7-12(10-20)5-6-22(15)18)17-9-13-8-14(24-2)3-4-16(13)25-17;1-21-13-2-3-15-12(7-13)8-16(22-15)14-10-20-5-4-11(9-18)6-17(20)19-14/h3-14H,16-17H2,1-2H3;3-9H,11H2,1-2H3;2-8,10H,1H3. The molecule has 0 atom stereocenters. The van der Waals surface area contributed by atoms with Crippen LogP contribution in [0, 0.1) is 34.0 Å². The third-order valence-electron chi connectivity index (χ3n) is 13.2. The minimum absolute atomic E-state index is 0.378. The summed E-state index contributed by atoms with van der Waals surface area (Å²) in [4.78, 5) is 16.3. The van der Waals surface area contributed by atoms with Gasteiger partial charge in [0.1, 0.15) is 68.0 Å². The minimum atomic E-state index is 0.378. The third-order valence-corrected chi connectivity index (χ3v) is 13.2. The lowest BCUT2D eigenvalue weighted by atomic mass is 10.2. The van der Waals surface area contributed by atoms with Crippen molar-refractivity contribution < 1.29 is 32.2 Å². The van der Waals surface area contributed by atoms with Crippen LogP contribution in [0.25, 0.3) is 84.2 Å². The first-order valence-electron chi connectivity index (χ1n) is 24.8. The molecule has 0 spiro atoms. The molecule has 17 nitrogen and oxygen atoms in total. The molecule has 17 heteroatoms. The van der Waals surface area contributed by atoms with Crippen molar-refractivity contribution in [3.05, 3.63) is 198 Å². The van der Waals surface area contributed by atoms with Crippen molar-refractivity contribution in [1.82, 2.24) is 33.1 Å². The van der Waals surface area contributed by atoms with E-state index in [1.165, 1.54) is 5.56 Å². The van der Waals surface area contributed by atoms with E-state index in [1.807, 2.05) is 123 Å². The van der Waals surface area contributed by atoms with Crippen molar-refractivity contribution in [2.75, 3.05) is 35.5 Å². The van der Waals surface area contributed by atoms with Gasteiger partial charge in [-0.25, -0.2) is 15.0 Å². The van der Waals surface area contributed by atoms with E-state index in [0.29, 0.717) is 64.1 Å². The lowest BCUT2D eigenvalue weighted by Crippen LogP contribution is -2.18. The number of pyridine rings is 3. The van der Waals surface area contributed by atoms with Crippen molar-refractivity contribution in [3.63, 3.8) is 0 Å². The summed E-state index contributed by atoms with van der Waals surface area (Å²) in [6, 6.07) is 50.3. The second kappa shape index (κ2) is 21.9. The monoisotopic (exact) mass is 1040 g/mol. The van der Waals surface area contributed by atoms with Gasteiger partial charge in [0.2, 0.25) is 0 Å². The number of hydrogen-bond acceptors (Lipinski definition) is 14. The van der Waals surface area contributed by atoms with E-state index in [1.54, 1.807) is 58.8 Å². The van der Waals surface area contributed by atoms with Gasteiger partial charge in [-0.1, -0.05) is 30.3 Å². The summed E-state index contributed by atoms with van der Waals surface area (Å²) in [6.07, 6.45) is 7.42. The Kier molecular flexibility index (Phi) is 14.0. The van der Waals surface area contributed by atoms with Gasteiger partial charge in [-0.05, 0) is 122 Å². The number of imidazole rings is 3. The third kappa shape index (κ3) is 10.4. The molecule has 9 heterocycles. The van der Waals surface area contributed by atoms with Gasteiger partial charge >= 0.3 is 0 Å². The highest BCUT2D eigenvalue weighted by Crippen LogP contribution is 2.35. The summed E-state index contributed by atoms with van der Waals surface area (Å²) in [5.74, 6) is 4.36. The Balaban J connectivity index is 0.000000128. The number of hydrogen-bond donors (Lipinski definition) is 0. The number of methoxy groups -OCH3 is 4. The zero-order chi connectivity index (χ0) is 54.6. The molecule has 0 aliphatic carbocycles. The molecule has 0 aliphatic heterocycles. The summed E-state index contributed by atoms with van der Waals surface area (Å²) in [7, 11) is 8.64. The molecule has 0 N–H and O–H groups in total. The number of aromatic nitrogens is 6. The van der Waals surface area contributed by atoms with Crippen LogP contribution in [0.1, 0.15) is 33.6 Å². The Morgan fingerprint density at radius 2 is 0.962 bits per heavy atom. The van der Waals surface area contributed by atoms with Crippen LogP contribution in [0.15, 0.2) is 178 Å². The fourth-order valence-electron chi connectivity index (χ4n) is 9.33. The van der Waals surface area contributed by atoms with E-state index >= 15 is 0 Å². The Bertz CT molecular complexity index is 4500. The maximum Gasteiger partial charge on any atom is 0.155 e. The van der Waals surface area contributed by atoms with Gasteiger partial charge in [0.15, 0.2) is 17.3 Å². The largest absolute Gasteiger partial charge is 0.497 e. The van der Waals surface area contributed by atoms with Crippen LogP contribution in [0.4, 0.5) is 0 Å². The summed E-state index contributed by atoms with van der Waals surface area (Å²) in [6.45, 7) is 1.85. The molecule has 79 heavy (non-hydrogen) atoms. The predicted molar refractivity (Wildman–Crippen MR) is 297 cm³/mol. The average molecular weight is 1050 g/mol. The van der Waals surface area contributed by atoms with E-state index in [9.17, 15) is 5.26 Å². The highest BCUT2D eigenvalue weighted by atomic mass is 16.5. The minimum Gasteiger partial charge on any atom is -0.497 e. The molecule has 0 amide bonds. The second-order valence-electron chi connectivity index (χ2n) is 18.4.